The Morgan fingerprint density at radius 3 is 2.88 bits per heavy atom. The zero-order valence-electron chi connectivity index (χ0n) is 14.4. The Morgan fingerprint density at radius 2 is 2.04 bits per heavy atom. The number of fused-ring (bicyclic) bond motifs is 1. The molecule has 0 aromatic carbocycles. The third kappa shape index (κ3) is 3.03. The van der Waals surface area contributed by atoms with Gasteiger partial charge in [-0.15, -0.1) is 0 Å². The van der Waals surface area contributed by atoms with E-state index in [0.29, 0.717) is 0 Å². The summed E-state index contributed by atoms with van der Waals surface area (Å²) in [6.07, 6.45) is 6.69. The van der Waals surface area contributed by atoms with Crippen LogP contribution in [-0.2, 0) is 6.42 Å². The number of aromatic nitrogens is 6. The quantitative estimate of drug-likeness (QED) is 0.603. The molecule has 0 saturated heterocycles. The second-order valence-electron chi connectivity index (χ2n) is 6.16. The summed E-state index contributed by atoms with van der Waals surface area (Å²) in [6.45, 7) is 4.19. The van der Waals surface area contributed by atoms with E-state index in [1.54, 1.807) is 10.8 Å². The lowest BCUT2D eigenvalue weighted by Gasteiger charge is -2.04. The summed E-state index contributed by atoms with van der Waals surface area (Å²) in [5.74, 6) is 0.994. The molecular weight excluding hydrogens is 312 g/mol. The van der Waals surface area contributed by atoms with E-state index in [9.17, 15) is 0 Å². The van der Waals surface area contributed by atoms with E-state index in [1.165, 1.54) is 0 Å². The monoisotopic (exact) mass is 332 g/mol. The van der Waals surface area contributed by atoms with Crippen molar-refractivity contribution in [3.63, 3.8) is 0 Å². The Kier molecular flexibility index (Phi) is 4.01. The van der Waals surface area contributed by atoms with Gasteiger partial charge in [-0.2, -0.15) is 5.10 Å². The van der Waals surface area contributed by atoms with Crippen LogP contribution < -0.4 is 0 Å². The minimum absolute atomic E-state index is 0.820. The van der Waals surface area contributed by atoms with Gasteiger partial charge in [-0.05, 0) is 37.6 Å². The van der Waals surface area contributed by atoms with Gasteiger partial charge in [-0.1, -0.05) is 19.4 Å². The number of aromatic amines is 1. The molecule has 0 bridgehead atoms. The highest BCUT2D eigenvalue weighted by atomic mass is 15.3. The molecule has 0 amide bonds. The van der Waals surface area contributed by atoms with Gasteiger partial charge in [-0.3, -0.25) is 4.98 Å². The Morgan fingerprint density at radius 1 is 1.12 bits per heavy atom. The SMILES string of the molecule is CCCCc1nc(-c2ccc3ncnn3c2)c(-c2cccc(C)n2)[nH]1. The molecule has 1 N–H and O–H groups in total. The Labute approximate surface area is 146 Å². The van der Waals surface area contributed by atoms with Gasteiger partial charge in [0, 0.05) is 23.9 Å². The summed E-state index contributed by atoms with van der Waals surface area (Å²) in [5, 5.41) is 4.23. The Bertz CT molecular complexity index is 1010. The van der Waals surface area contributed by atoms with E-state index < -0.39 is 0 Å². The fourth-order valence-corrected chi connectivity index (χ4v) is 2.92. The summed E-state index contributed by atoms with van der Waals surface area (Å²) in [7, 11) is 0. The van der Waals surface area contributed by atoms with Gasteiger partial charge in [0.05, 0.1) is 17.1 Å². The molecule has 0 aliphatic carbocycles. The Hall–Kier alpha value is -3.02. The first-order valence-electron chi connectivity index (χ1n) is 8.57. The molecule has 6 heteroatoms. The highest BCUT2D eigenvalue weighted by Crippen LogP contribution is 2.29. The predicted molar refractivity (Wildman–Crippen MR) is 97.1 cm³/mol. The van der Waals surface area contributed by atoms with Crippen molar-refractivity contribution in [1.29, 1.82) is 0 Å². The molecule has 4 heterocycles. The molecule has 0 fully saturated rings. The van der Waals surface area contributed by atoms with Crippen molar-refractivity contribution in [3.05, 3.63) is 54.4 Å². The molecule has 6 nitrogen and oxygen atoms in total. The van der Waals surface area contributed by atoms with Gasteiger partial charge in [0.2, 0.25) is 0 Å². The number of hydrogen-bond acceptors (Lipinski definition) is 4. The molecule has 0 atom stereocenters. The van der Waals surface area contributed by atoms with Crippen LogP contribution in [-0.4, -0.2) is 29.5 Å². The van der Waals surface area contributed by atoms with Crippen LogP contribution in [0.4, 0.5) is 0 Å². The molecule has 0 aliphatic rings. The molecule has 25 heavy (non-hydrogen) atoms. The van der Waals surface area contributed by atoms with Crippen LogP contribution in [0.5, 0.6) is 0 Å². The van der Waals surface area contributed by atoms with E-state index in [4.69, 9.17) is 4.98 Å². The minimum Gasteiger partial charge on any atom is -0.340 e. The summed E-state index contributed by atoms with van der Waals surface area (Å²) >= 11 is 0. The second-order valence-corrected chi connectivity index (χ2v) is 6.16. The summed E-state index contributed by atoms with van der Waals surface area (Å²) in [4.78, 5) is 17.2. The number of nitrogens with one attached hydrogen (secondary N) is 1. The molecule has 4 aromatic rings. The zero-order chi connectivity index (χ0) is 17.2. The lowest BCUT2D eigenvalue weighted by atomic mass is 10.1. The first-order chi connectivity index (χ1) is 12.2. The molecule has 4 aromatic heterocycles. The molecule has 0 aliphatic heterocycles. The van der Waals surface area contributed by atoms with Crippen molar-refractivity contribution < 1.29 is 0 Å². The number of hydrogen-bond donors (Lipinski definition) is 1. The average molecular weight is 332 g/mol. The highest BCUT2D eigenvalue weighted by molar-refractivity contribution is 5.77. The van der Waals surface area contributed by atoms with Crippen molar-refractivity contribution in [2.75, 3.05) is 0 Å². The lowest BCUT2D eigenvalue weighted by Crippen LogP contribution is -1.92. The normalized spacial score (nSPS) is 11.3. The maximum atomic E-state index is 4.86. The van der Waals surface area contributed by atoms with Gasteiger partial charge in [-0.25, -0.2) is 14.5 Å². The number of imidazole rings is 1. The molecule has 0 unspecified atom stereocenters. The van der Waals surface area contributed by atoms with Crippen molar-refractivity contribution in [2.45, 2.75) is 33.1 Å². The van der Waals surface area contributed by atoms with Crippen LogP contribution in [0, 0.1) is 6.92 Å². The minimum atomic E-state index is 0.820. The molecule has 0 radical (unpaired) electrons. The first kappa shape index (κ1) is 15.5. The summed E-state index contributed by atoms with van der Waals surface area (Å²) in [5.41, 5.74) is 5.57. The van der Waals surface area contributed by atoms with E-state index >= 15 is 0 Å². The topological polar surface area (TPSA) is 71.8 Å². The average Bonchev–Trinajstić information content (AvgIpc) is 3.26. The van der Waals surface area contributed by atoms with Crippen molar-refractivity contribution in [1.82, 2.24) is 29.5 Å². The van der Waals surface area contributed by atoms with Gasteiger partial charge in [0.1, 0.15) is 12.2 Å². The predicted octanol–water partition coefficient (Wildman–Crippen LogP) is 3.83. The van der Waals surface area contributed by atoms with Crippen LogP contribution in [0.3, 0.4) is 0 Å². The third-order valence-corrected chi connectivity index (χ3v) is 4.21. The van der Waals surface area contributed by atoms with Crippen molar-refractivity contribution in [2.24, 2.45) is 0 Å². The second kappa shape index (κ2) is 6.47. The molecule has 0 spiro atoms. The van der Waals surface area contributed by atoms with Crippen LogP contribution in [0.2, 0.25) is 0 Å². The Balaban J connectivity index is 1.85. The number of aryl methyl sites for hydroxylation is 2. The van der Waals surface area contributed by atoms with E-state index in [-0.39, 0.29) is 0 Å². The lowest BCUT2D eigenvalue weighted by molar-refractivity contribution is 0.763. The number of unbranched alkanes of at least 4 members (excludes halogenated alkanes) is 1. The van der Waals surface area contributed by atoms with E-state index in [1.807, 2.05) is 43.5 Å². The van der Waals surface area contributed by atoms with Gasteiger partial charge in [0.25, 0.3) is 0 Å². The van der Waals surface area contributed by atoms with Crippen LogP contribution >= 0.6 is 0 Å². The van der Waals surface area contributed by atoms with Crippen molar-refractivity contribution >= 4 is 5.65 Å². The number of H-pyrrole nitrogens is 1. The fraction of sp³-hybridized carbons (Fsp3) is 0.263. The van der Waals surface area contributed by atoms with E-state index in [0.717, 1.165) is 59.1 Å². The number of nitrogens with zero attached hydrogens (tertiary/aromatic N) is 5. The van der Waals surface area contributed by atoms with Gasteiger partial charge >= 0.3 is 0 Å². The molecule has 4 rings (SSSR count). The maximum absolute atomic E-state index is 4.86. The first-order valence-corrected chi connectivity index (χ1v) is 8.57. The van der Waals surface area contributed by atoms with Gasteiger partial charge < -0.3 is 4.98 Å². The van der Waals surface area contributed by atoms with E-state index in [2.05, 4.69) is 27.0 Å². The highest BCUT2D eigenvalue weighted by Gasteiger charge is 2.16. The number of rotatable bonds is 5. The number of pyridine rings is 2. The van der Waals surface area contributed by atoms with Crippen molar-refractivity contribution in [3.8, 4) is 22.6 Å². The summed E-state index contributed by atoms with van der Waals surface area (Å²) in [6, 6.07) is 10.0. The third-order valence-electron chi connectivity index (χ3n) is 4.21. The molecule has 126 valence electrons. The fourth-order valence-electron chi connectivity index (χ4n) is 2.92. The molecular formula is C19H20N6. The van der Waals surface area contributed by atoms with Crippen LogP contribution in [0.15, 0.2) is 42.9 Å². The maximum Gasteiger partial charge on any atom is 0.155 e. The van der Waals surface area contributed by atoms with Gasteiger partial charge in [0.15, 0.2) is 5.65 Å². The summed E-state index contributed by atoms with van der Waals surface area (Å²) < 4.78 is 1.77. The van der Waals surface area contributed by atoms with Crippen LogP contribution in [0.1, 0.15) is 31.3 Å². The zero-order valence-corrected chi connectivity index (χ0v) is 14.4. The standard InChI is InChI=1S/C19H20N6/c1-3-4-8-16-23-18(14-9-10-17-20-12-21-25(17)11-14)19(24-16)15-7-5-6-13(2)22-15/h5-7,9-12H,3-4,8H2,1-2H3,(H,23,24). The molecule has 0 saturated carbocycles. The van der Waals surface area contributed by atoms with Crippen LogP contribution in [0.25, 0.3) is 28.3 Å². The smallest absolute Gasteiger partial charge is 0.155 e. The largest absolute Gasteiger partial charge is 0.340 e.